The molecule has 1 heterocycles. The molecule has 0 aromatic carbocycles. The van der Waals surface area contributed by atoms with Crippen molar-refractivity contribution in [1.82, 2.24) is 4.98 Å². The van der Waals surface area contributed by atoms with Crippen LogP contribution in [-0.4, -0.2) is 29.1 Å². The van der Waals surface area contributed by atoms with Gasteiger partial charge in [-0.3, -0.25) is 0 Å². The number of hydrogen-bond acceptors (Lipinski definition) is 3. The van der Waals surface area contributed by atoms with Crippen LogP contribution in [0.5, 0.6) is 0 Å². The molecule has 0 bridgehead atoms. The van der Waals surface area contributed by atoms with Crippen molar-refractivity contribution >= 4 is 11.8 Å². The number of pyridine rings is 1. The van der Waals surface area contributed by atoms with Crippen LogP contribution in [0.3, 0.4) is 0 Å². The van der Waals surface area contributed by atoms with Gasteiger partial charge in [-0.25, -0.2) is 9.78 Å². The zero-order valence-corrected chi connectivity index (χ0v) is 11.1. The maximum Gasteiger partial charge on any atom is 0.339 e. The molecule has 0 aliphatic heterocycles. The number of aryl methyl sites for hydroxylation is 1. The molecule has 0 saturated carbocycles. The Morgan fingerprint density at radius 2 is 2.00 bits per heavy atom. The number of rotatable bonds is 4. The zero-order valence-electron chi connectivity index (χ0n) is 11.1. The summed E-state index contributed by atoms with van der Waals surface area (Å²) in [4.78, 5) is 17.4. The molecule has 0 spiro atoms. The van der Waals surface area contributed by atoms with Gasteiger partial charge in [0.05, 0.1) is 0 Å². The van der Waals surface area contributed by atoms with E-state index < -0.39 is 5.97 Å². The van der Waals surface area contributed by atoms with Gasteiger partial charge in [0.2, 0.25) is 0 Å². The summed E-state index contributed by atoms with van der Waals surface area (Å²) in [5.41, 5.74) is 1.04. The van der Waals surface area contributed by atoms with Crippen molar-refractivity contribution in [2.45, 2.75) is 33.7 Å². The Labute approximate surface area is 102 Å². The summed E-state index contributed by atoms with van der Waals surface area (Å²) in [7, 11) is 1.89. The third-order valence-corrected chi connectivity index (χ3v) is 3.26. The number of carbonyl (C=O) groups is 1. The zero-order chi connectivity index (χ0) is 13.2. The number of hydrogen-bond donors (Lipinski definition) is 1. The molecule has 1 rings (SSSR count). The minimum atomic E-state index is -0.923. The SMILES string of the molecule is Cc1ccnc(N(C)C(C)C(C)C)c1C(=O)O. The van der Waals surface area contributed by atoms with E-state index in [2.05, 4.69) is 25.8 Å². The van der Waals surface area contributed by atoms with E-state index in [1.165, 1.54) is 0 Å². The fraction of sp³-hybridized carbons (Fsp3) is 0.538. The lowest BCUT2D eigenvalue weighted by atomic mass is 10.0. The quantitative estimate of drug-likeness (QED) is 0.873. The minimum absolute atomic E-state index is 0.238. The van der Waals surface area contributed by atoms with Gasteiger partial charge in [0.15, 0.2) is 0 Å². The third-order valence-electron chi connectivity index (χ3n) is 3.26. The average molecular weight is 236 g/mol. The molecule has 4 heteroatoms. The number of aromatic carboxylic acids is 1. The summed E-state index contributed by atoms with van der Waals surface area (Å²) in [6.07, 6.45) is 1.65. The van der Waals surface area contributed by atoms with Gasteiger partial charge in [0.1, 0.15) is 11.4 Å². The normalized spacial score (nSPS) is 12.6. The fourth-order valence-corrected chi connectivity index (χ4v) is 1.72. The first-order chi connectivity index (χ1) is 7.86. The number of aromatic nitrogens is 1. The lowest BCUT2D eigenvalue weighted by Gasteiger charge is -2.30. The van der Waals surface area contributed by atoms with Gasteiger partial charge in [0.25, 0.3) is 0 Å². The molecule has 1 aromatic rings. The third kappa shape index (κ3) is 2.75. The first-order valence-corrected chi connectivity index (χ1v) is 5.78. The Kier molecular flexibility index (Phi) is 4.10. The van der Waals surface area contributed by atoms with Crippen LogP contribution >= 0.6 is 0 Å². The van der Waals surface area contributed by atoms with Gasteiger partial charge in [-0.1, -0.05) is 13.8 Å². The maximum absolute atomic E-state index is 11.3. The summed E-state index contributed by atoms with van der Waals surface area (Å²) >= 11 is 0. The summed E-state index contributed by atoms with van der Waals surface area (Å²) in [5, 5.41) is 9.25. The minimum Gasteiger partial charge on any atom is -0.478 e. The molecule has 0 aliphatic carbocycles. The predicted molar refractivity (Wildman–Crippen MR) is 68.6 cm³/mol. The first kappa shape index (κ1) is 13.5. The van der Waals surface area contributed by atoms with Crippen LogP contribution in [0.2, 0.25) is 0 Å². The molecule has 0 aliphatic rings. The van der Waals surface area contributed by atoms with E-state index in [0.717, 1.165) is 5.56 Å². The van der Waals surface area contributed by atoms with Gasteiger partial charge in [-0.2, -0.15) is 0 Å². The maximum atomic E-state index is 11.3. The first-order valence-electron chi connectivity index (χ1n) is 5.78. The molecule has 4 nitrogen and oxygen atoms in total. The Morgan fingerprint density at radius 3 is 2.47 bits per heavy atom. The second kappa shape index (κ2) is 5.17. The molecule has 94 valence electrons. The van der Waals surface area contributed by atoms with Crippen molar-refractivity contribution in [1.29, 1.82) is 0 Å². The van der Waals surface area contributed by atoms with E-state index in [4.69, 9.17) is 0 Å². The highest BCUT2D eigenvalue weighted by molar-refractivity contribution is 5.94. The fourth-order valence-electron chi connectivity index (χ4n) is 1.72. The van der Waals surface area contributed by atoms with Crippen LogP contribution in [0, 0.1) is 12.8 Å². The predicted octanol–water partition coefficient (Wildman–Crippen LogP) is 2.57. The molecule has 0 radical (unpaired) electrons. The number of carboxylic acid groups (broad SMARTS) is 1. The second-order valence-electron chi connectivity index (χ2n) is 4.73. The molecule has 1 aromatic heterocycles. The van der Waals surface area contributed by atoms with E-state index >= 15 is 0 Å². The molecule has 17 heavy (non-hydrogen) atoms. The Morgan fingerprint density at radius 1 is 1.41 bits per heavy atom. The highest BCUT2D eigenvalue weighted by Gasteiger charge is 2.22. The van der Waals surface area contributed by atoms with E-state index in [1.54, 1.807) is 19.2 Å². The summed E-state index contributed by atoms with van der Waals surface area (Å²) in [5.74, 6) is 0.0519. The van der Waals surface area contributed by atoms with Crippen molar-refractivity contribution in [2.24, 2.45) is 5.92 Å². The molecule has 1 N–H and O–H groups in total. The standard InChI is InChI=1S/C13H20N2O2/c1-8(2)10(4)15(5)12-11(13(16)17)9(3)6-7-14-12/h6-8,10H,1-5H3,(H,16,17). The average Bonchev–Trinajstić information content (AvgIpc) is 2.25. The molecule has 0 amide bonds. The van der Waals surface area contributed by atoms with Gasteiger partial charge in [0, 0.05) is 19.3 Å². The monoisotopic (exact) mass is 236 g/mol. The highest BCUT2D eigenvalue weighted by atomic mass is 16.4. The van der Waals surface area contributed by atoms with Crippen molar-refractivity contribution < 1.29 is 9.90 Å². The lowest BCUT2D eigenvalue weighted by Crippen LogP contribution is -2.35. The smallest absolute Gasteiger partial charge is 0.339 e. The number of carboxylic acids is 1. The van der Waals surface area contributed by atoms with Gasteiger partial charge in [-0.05, 0) is 31.4 Å². The Bertz CT molecular complexity index is 416. The molecule has 1 unspecified atom stereocenters. The van der Waals surface area contributed by atoms with Gasteiger partial charge >= 0.3 is 5.97 Å². The molecular formula is C13H20N2O2. The van der Waals surface area contributed by atoms with Crippen LogP contribution in [0.25, 0.3) is 0 Å². The van der Waals surface area contributed by atoms with Crippen LogP contribution < -0.4 is 4.90 Å². The molecule has 1 atom stereocenters. The molecule has 0 fully saturated rings. The van der Waals surface area contributed by atoms with Crippen LogP contribution in [0.4, 0.5) is 5.82 Å². The van der Waals surface area contributed by atoms with E-state index in [-0.39, 0.29) is 6.04 Å². The topological polar surface area (TPSA) is 53.4 Å². The molecular weight excluding hydrogens is 216 g/mol. The van der Waals surface area contributed by atoms with Crippen molar-refractivity contribution in [3.05, 3.63) is 23.4 Å². The van der Waals surface area contributed by atoms with E-state index in [0.29, 0.717) is 17.3 Å². The second-order valence-corrected chi connectivity index (χ2v) is 4.73. The van der Waals surface area contributed by atoms with Gasteiger partial charge < -0.3 is 10.0 Å². The van der Waals surface area contributed by atoms with Crippen LogP contribution in [0.15, 0.2) is 12.3 Å². The van der Waals surface area contributed by atoms with Crippen LogP contribution in [0.1, 0.15) is 36.7 Å². The van der Waals surface area contributed by atoms with Crippen molar-refractivity contribution in [2.75, 3.05) is 11.9 Å². The summed E-state index contributed by atoms with van der Waals surface area (Å²) < 4.78 is 0. The Hall–Kier alpha value is -1.58. The van der Waals surface area contributed by atoms with Gasteiger partial charge in [-0.15, -0.1) is 0 Å². The molecule has 0 saturated heterocycles. The number of nitrogens with zero attached hydrogens (tertiary/aromatic N) is 2. The number of anilines is 1. The van der Waals surface area contributed by atoms with E-state index in [1.807, 2.05) is 11.9 Å². The Balaban J connectivity index is 3.22. The summed E-state index contributed by atoms with van der Waals surface area (Å²) in [6.45, 7) is 8.08. The highest BCUT2D eigenvalue weighted by Crippen LogP contribution is 2.23. The van der Waals surface area contributed by atoms with Crippen molar-refractivity contribution in [3.63, 3.8) is 0 Å². The largest absolute Gasteiger partial charge is 0.478 e. The lowest BCUT2D eigenvalue weighted by molar-refractivity contribution is 0.0696. The van der Waals surface area contributed by atoms with Crippen molar-refractivity contribution in [3.8, 4) is 0 Å². The summed E-state index contributed by atoms with van der Waals surface area (Å²) in [6, 6.07) is 1.96. The van der Waals surface area contributed by atoms with E-state index in [9.17, 15) is 9.90 Å². The van der Waals surface area contributed by atoms with Crippen LogP contribution in [-0.2, 0) is 0 Å².